The van der Waals surface area contributed by atoms with Crippen LogP contribution in [0.1, 0.15) is 16.8 Å². The molecule has 0 aliphatic heterocycles. The summed E-state index contributed by atoms with van der Waals surface area (Å²) in [5, 5.41) is 9.58. The van der Waals surface area contributed by atoms with Crippen molar-refractivity contribution in [3.05, 3.63) is 60.3 Å². The highest BCUT2D eigenvalue weighted by atomic mass is 16.6. The fraction of sp³-hybridized carbons (Fsp3) is 0.227. The number of ketones is 1. The van der Waals surface area contributed by atoms with Crippen molar-refractivity contribution in [2.45, 2.75) is 13.0 Å². The van der Waals surface area contributed by atoms with Crippen LogP contribution in [0.15, 0.2) is 54.7 Å². The van der Waals surface area contributed by atoms with Crippen LogP contribution in [0.4, 0.5) is 0 Å². The van der Waals surface area contributed by atoms with Crippen molar-refractivity contribution < 1.29 is 23.8 Å². The number of nitrogens with zero attached hydrogens (tertiary/aromatic N) is 2. The Balaban J connectivity index is 1.58. The number of benzene rings is 2. The van der Waals surface area contributed by atoms with Gasteiger partial charge in [0.05, 0.1) is 19.6 Å². The number of nitriles is 1. The Morgan fingerprint density at radius 3 is 2.48 bits per heavy atom. The Kier molecular flexibility index (Phi) is 6.48. The summed E-state index contributed by atoms with van der Waals surface area (Å²) >= 11 is 0. The molecule has 3 rings (SSSR count). The molecule has 2 aromatic carbocycles. The number of carbonyl (C=O) groups excluding carboxylic acids is 2. The lowest BCUT2D eigenvalue weighted by Crippen LogP contribution is -2.19. The average molecular weight is 392 g/mol. The van der Waals surface area contributed by atoms with Gasteiger partial charge < -0.3 is 18.8 Å². The molecule has 148 valence electrons. The van der Waals surface area contributed by atoms with Gasteiger partial charge in [0.2, 0.25) is 5.78 Å². The molecule has 29 heavy (non-hydrogen) atoms. The third kappa shape index (κ3) is 4.93. The molecule has 0 bridgehead atoms. The highest BCUT2D eigenvalue weighted by Gasteiger charge is 2.17. The molecule has 0 aliphatic carbocycles. The van der Waals surface area contributed by atoms with Crippen molar-refractivity contribution in [2.24, 2.45) is 0 Å². The number of fused-ring (bicyclic) bond motifs is 1. The van der Waals surface area contributed by atoms with Crippen LogP contribution < -0.4 is 9.47 Å². The van der Waals surface area contributed by atoms with Crippen molar-refractivity contribution in [1.82, 2.24) is 4.57 Å². The number of aromatic nitrogens is 1. The zero-order valence-corrected chi connectivity index (χ0v) is 16.0. The predicted molar refractivity (Wildman–Crippen MR) is 106 cm³/mol. The third-order valence-corrected chi connectivity index (χ3v) is 4.33. The predicted octanol–water partition coefficient (Wildman–Crippen LogP) is 3.37. The van der Waals surface area contributed by atoms with E-state index in [0.29, 0.717) is 30.0 Å². The molecule has 0 fully saturated rings. The van der Waals surface area contributed by atoms with Gasteiger partial charge in [0.25, 0.3) is 0 Å². The minimum atomic E-state index is -0.637. The lowest BCUT2D eigenvalue weighted by molar-refractivity contribution is -0.144. The molecule has 0 spiro atoms. The summed E-state index contributed by atoms with van der Waals surface area (Å²) in [5.74, 6) is 0.228. The van der Waals surface area contributed by atoms with E-state index < -0.39 is 5.97 Å². The highest BCUT2D eigenvalue weighted by Crippen LogP contribution is 2.22. The maximum absolute atomic E-state index is 12.6. The van der Waals surface area contributed by atoms with Crippen LogP contribution in [-0.2, 0) is 16.1 Å². The smallest absolute Gasteiger partial charge is 0.344 e. The van der Waals surface area contributed by atoms with Gasteiger partial charge in [-0.2, -0.15) is 5.26 Å². The summed E-state index contributed by atoms with van der Waals surface area (Å²) in [6, 6.07) is 16.3. The van der Waals surface area contributed by atoms with E-state index in [1.807, 2.05) is 28.8 Å². The normalized spacial score (nSPS) is 10.3. The number of ether oxygens (including phenoxy) is 3. The molecule has 7 nitrogen and oxygen atoms in total. The van der Waals surface area contributed by atoms with Gasteiger partial charge in [0.1, 0.15) is 11.5 Å². The van der Waals surface area contributed by atoms with Crippen LogP contribution in [0.25, 0.3) is 10.9 Å². The second-order valence-electron chi connectivity index (χ2n) is 6.21. The van der Waals surface area contributed by atoms with Crippen molar-refractivity contribution in [3.63, 3.8) is 0 Å². The SMILES string of the molecule is COc1ccc(OCC(=O)OCC(=O)c2cn(CCC#N)c3ccccc23)cc1. The molecule has 0 amide bonds. The first-order valence-corrected chi connectivity index (χ1v) is 9.03. The average Bonchev–Trinajstić information content (AvgIpc) is 3.13. The first-order chi connectivity index (χ1) is 14.1. The number of methoxy groups -OCH3 is 1. The minimum Gasteiger partial charge on any atom is -0.497 e. The van der Waals surface area contributed by atoms with Gasteiger partial charge in [-0.3, -0.25) is 4.79 Å². The van der Waals surface area contributed by atoms with Crippen molar-refractivity contribution >= 4 is 22.7 Å². The Morgan fingerprint density at radius 1 is 1.03 bits per heavy atom. The van der Waals surface area contributed by atoms with E-state index >= 15 is 0 Å². The van der Waals surface area contributed by atoms with Gasteiger partial charge in [0, 0.05) is 29.2 Å². The molecule has 1 aromatic heterocycles. The number of carbonyl (C=O) groups is 2. The summed E-state index contributed by atoms with van der Waals surface area (Å²) in [7, 11) is 1.56. The zero-order valence-electron chi connectivity index (χ0n) is 16.0. The first-order valence-electron chi connectivity index (χ1n) is 9.03. The number of Topliss-reactive ketones (excluding diaryl/α,β-unsaturated/α-hetero) is 1. The van der Waals surface area contributed by atoms with Crippen molar-refractivity contribution in [1.29, 1.82) is 5.26 Å². The second-order valence-corrected chi connectivity index (χ2v) is 6.21. The van der Waals surface area contributed by atoms with E-state index in [1.165, 1.54) is 0 Å². The maximum atomic E-state index is 12.6. The Labute approximate surface area is 168 Å². The molecular weight excluding hydrogens is 372 g/mol. The van der Waals surface area contributed by atoms with Crippen LogP contribution in [0.3, 0.4) is 0 Å². The topological polar surface area (TPSA) is 90.6 Å². The number of rotatable bonds is 9. The number of hydrogen-bond donors (Lipinski definition) is 0. The standard InChI is InChI=1S/C22H20N2O5/c1-27-16-7-9-17(10-8-16)28-15-22(26)29-14-21(25)19-13-24(12-4-11-23)20-6-3-2-5-18(19)20/h2-3,5-10,13H,4,12,14-15H2,1H3. The van der Waals surface area contributed by atoms with Gasteiger partial charge in [-0.1, -0.05) is 18.2 Å². The lowest BCUT2D eigenvalue weighted by Gasteiger charge is -2.07. The van der Waals surface area contributed by atoms with Crippen LogP contribution >= 0.6 is 0 Å². The molecule has 7 heteroatoms. The Morgan fingerprint density at radius 2 is 1.76 bits per heavy atom. The maximum Gasteiger partial charge on any atom is 0.344 e. The summed E-state index contributed by atoms with van der Waals surface area (Å²) in [4.78, 5) is 24.5. The molecule has 0 saturated heterocycles. The second kappa shape index (κ2) is 9.42. The quantitative estimate of drug-likeness (QED) is 0.410. The van der Waals surface area contributed by atoms with Crippen LogP contribution in [0.2, 0.25) is 0 Å². The zero-order chi connectivity index (χ0) is 20.6. The fourth-order valence-corrected chi connectivity index (χ4v) is 2.90. The van der Waals surface area contributed by atoms with Crippen LogP contribution in [0, 0.1) is 11.3 Å². The van der Waals surface area contributed by atoms with Gasteiger partial charge in [0.15, 0.2) is 13.2 Å². The van der Waals surface area contributed by atoms with Gasteiger partial charge in [-0.25, -0.2) is 4.79 Å². The molecule has 1 heterocycles. The highest BCUT2D eigenvalue weighted by molar-refractivity contribution is 6.09. The van der Waals surface area contributed by atoms with Gasteiger partial charge in [-0.05, 0) is 30.3 Å². The fourth-order valence-electron chi connectivity index (χ4n) is 2.90. The molecule has 0 aliphatic rings. The van der Waals surface area contributed by atoms with E-state index in [0.717, 1.165) is 10.9 Å². The molecule has 0 atom stereocenters. The van der Waals surface area contributed by atoms with Gasteiger partial charge >= 0.3 is 5.97 Å². The molecule has 0 saturated carbocycles. The monoisotopic (exact) mass is 392 g/mol. The Bertz CT molecular complexity index is 1050. The largest absolute Gasteiger partial charge is 0.497 e. The summed E-state index contributed by atoms with van der Waals surface area (Å²) in [6.07, 6.45) is 2.04. The number of para-hydroxylation sites is 1. The molecular formula is C22H20N2O5. The van der Waals surface area contributed by atoms with E-state index in [1.54, 1.807) is 37.6 Å². The molecule has 3 aromatic rings. The van der Waals surface area contributed by atoms with Crippen LogP contribution in [0.5, 0.6) is 11.5 Å². The third-order valence-electron chi connectivity index (χ3n) is 4.33. The molecule has 0 unspecified atom stereocenters. The Hall–Kier alpha value is -3.79. The molecule has 0 radical (unpaired) electrons. The number of aryl methyl sites for hydroxylation is 1. The summed E-state index contributed by atoms with van der Waals surface area (Å²) < 4.78 is 17.3. The van der Waals surface area contributed by atoms with E-state index in [9.17, 15) is 9.59 Å². The lowest BCUT2D eigenvalue weighted by atomic mass is 10.1. The first kappa shape index (κ1) is 20.0. The van der Waals surface area contributed by atoms with Crippen LogP contribution in [-0.4, -0.2) is 36.6 Å². The summed E-state index contributed by atoms with van der Waals surface area (Å²) in [6.45, 7) is -0.194. The minimum absolute atomic E-state index is 0.302. The van der Waals surface area contributed by atoms with E-state index in [-0.39, 0.29) is 19.0 Å². The van der Waals surface area contributed by atoms with E-state index in [4.69, 9.17) is 19.5 Å². The summed E-state index contributed by atoms with van der Waals surface area (Å²) in [5.41, 5.74) is 1.32. The van der Waals surface area contributed by atoms with Gasteiger partial charge in [-0.15, -0.1) is 0 Å². The van der Waals surface area contributed by atoms with E-state index in [2.05, 4.69) is 6.07 Å². The number of esters is 1. The molecule has 0 N–H and O–H groups in total. The van der Waals surface area contributed by atoms with Crippen molar-refractivity contribution in [2.75, 3.05) is 20.3 Å². The number of hydrogen-bond acceptors (Lipinski definition) is 6. The van der Waals surface area contributed by atoms with Crippen molar-refractivity contribution in [3.8, 4) is 17.6 Å².